The zero-order valence-corrected chi connectivity index (χ0v) is 11.8. The van der Waals surface area contributed by atoms with Crippen LogP contribution < -0.4 is 5.32 Å². The Morgan fingerprint density at radius 1 is 1.53 bits per heavy atom. The predicted octanol–water partition coefficient (Wildman–Crippen LogP) is 2.44. The number of pyridine rings is 1. The predicted molar refractivity (Wildman–Crippen MR) is 74.1 cm³/mol. The molecule has 0 spiro atoms. The highest BCUT2D eigenvalue weighted by molar-refractivity contribution is 9.10. The van der Waals surface area contributed by atoms with E-state index in [0.717, 1.165) is 12.2 Å². The van der Waals surface area contributed by atoms with Gasteiger partial charge in [-0.2, -0.15) is 0 Å². The third kappa shape index (κ3) is 3.08. The Morgan fingerprint density at radius 2 is 2.32 bits per heavy atom. The molecule has 2 heterocycles. The monoisotopic (exact) mass is 325 g/mol. The number of hydrogen-bond donors (Lipinski definition) is 2. The van der Waals surface area contributed by atoms with Gasteiger partial charge in [0.25, 0.3) is 5.69 Å². The molecule has 0 atom stereocenters. The summed E-state index contributed by atoms with van der Waals surface area (Å²) in [5, 5.41) is 13.9. The van der Waals surface area contributed by atoms with Crippen molar-refractivity contribution in [1.29, 1.82) is 0 Å². The van der Waals surface area contributed by atoms with Gasteiger partial charge in [-0.15, -0.1) is 0 Å². The lowest BCUT2D eigenvalue weighted by atomic mass is 10.2. The number of nitrogens with zero attached hydrogens (tertiary/aromatic N) is 3. The summed E-state index contributed by atoms with van der Waals surface area (Å²) < 4.78 is 0.612. The molecule has 2 aromatic heterocycles. The fourth-order valence-electron chi connectivity index (χ4n) is 1.61. The smallest absolute Gasteiger partial charge is 0.291 e. The SMILES string of the molecule is Cc1c([N+](=O)[O-])cnc(NCCc2ncc[nH]2)c1Br. The lowest BCUT2D eigenvalue weighted by Gasteiger charge is -2.08. The number of imidazole rings is 1. The molecule has 0 radical (unpaired) electrons. The highest BCUT2D eigenvalue weighted by Gasteiger charge is 2.16. The number of nitro groups is 1. The van der Waals surface area contributed by atoms with Gasteiger partial charge in [-0.1, -0.05) is 0 Å². The van der Waals surface area contributed by atoms with E-state index in [1.165, 1.54) is 6.20 Å². The normalized spacial score (nSPS) is 10.4. The molecule has 7 nitrogen and oxygen atoms in total. The van der Waals surface area contributed by atoms with Crippen molar-refractivity contribution < 1.29 is 4.92 Å². The number of halogens is 1. The standard InChI is InChI=1S/C11H12BrN5O2/c1-7-8(17(18)19)6-16-11(10(7)12)15-3-2-9-13-4-5-14-9/h4-6H,2-3H2,1H3,(H,13,14)(H,15,16). The van der Waals surface area contributed by atoms with Crippen LogP contribution in [0.4, 0.5) is 11.5 Å². The molecule has 2 rings (SSSR count). The minimum atomic E-state index is -0.445. The quantitative estimate of drug-likeness (QED) is 0.650. The second kappa shape index (κ2) is 5.79. The second-order valence-corrected chi connectivity index (χ2v) is 4.69. The van der Waals surface area contributed by atoms with Gasteiger partial charge >= 0.3 is 0 Å². The van der Waals surface area contributed by atoms with E-state index in [1.54, 1.807) is 19.3 Å². The molecular weight excluding hydrogens is 314 g/mol. The highest BCUT2D eigenvalue weighted by Crippen LogP contribution is 2.30. The van der Waals surface area contributed by atoms with Crippen molar-refractivity contribution in [3.8, 4) is 0 Å². The van der Waals surface area contributed by atoms with E-state index in [4.69, 9.17) is 0 Å². The molecule has 0 fully saturated rings. The lowest BCUT2D eigenvalue weighted by molar-refractivity contribution is -0.385. The van der Waals surface area contributed by atoms with E-state index in [0.29, 0.717) is 22.4 Å². The minimum Gasteiger partial charge on any atom is -0.369 e. The Bertz CT molecular complexity index is 585. The minimum absolute atomic E-state index is 0.00320. The molecule has 0 saturated heterocycles. The Hall–Kier alpha value is -1.96. The number of H-pyrrole nitrogens is 1. The van der Waals surface area contributed by atoms with Crippen molar-refractivity contribution in [2.45, 2.75) is 13.3 Å². The Balaban J connectivity index is 2.05. The molecule has 8 heteroatoms. The number of anilines is 1. The van der Waals surface area contributed by atoms with Crippen molar-refractivity contribution in [3.63, 3.8) is 0 Å². The molecular formula is C11H12BrN5O2. The van der Waals surface area contributed by atoms with Crippen LogP contribution in [0.2, 0.25) is 0 Å². The van der Waals surface area contributed by atoms with Crippen LogP contribution in [0, 0.1) is 17.0 Å². The number of aromatic amines is 1. The van der Waals surface area contributed by atoms with Crippen LogP contribution in [0.25, 0.3) is 0 Å². The molecule has 0 saturated carbocycles. The Morgan fingerprint density at radius 3 is 2.95 bits per heavy atom. The van der Waals surface area contributed by atoms with Crippen molar-refractivity contribution >= 4 is 27.4 Å². The maximum Gasteiger partial charge on any atom is 0.291 e. The summed E-state index contributed by atoms with van der Waals surface area (Å²) in [6.07, 6.45) is 5.44. The van der Waals surface area contributed by atoms with E-state index in [2.05, 4.69) is 36.2 Å². The van der Waals surface area contributed by atoms with Crippen molar-refractivity contribution in [2.75, 3.05) is 11.9 Å². The van der Waals surface area contributed by atoms with E-state index >= 15 is 0 Å². The van der Waals surface area contributed by atoms with Crippen LogP contribution in [0.1, 0.15) is 11.4 Å². The zero-order chi connectivity index (χ0) is 13.8. The molecule has 100 valence electrons. The summed E-state index contributed by atoms with van der Waals surface area (Å²) in [6, 6.07) is 0. The second-order valence-electron chi connectivity index (χ2n) is 3.90. The molecule has 19 heavy (non-hydrogen) atoms. The zero-order valence-electron chi connectivity index (χ0n) is 10.2. The van der Waals surface area contributed by atoms with Crippen molar-refractivity contribution in [3.05, 3.63) is 44.6 Å². The van der Waals surface area contributed by atoms with Crippen LogP contribution in [-0.2, 0) is 6.42 Å². The average molecular weight is 326 g/mol. The van der Waals surface area contributed by atoms with Gasteiger partial charge in [-0.25, -0.2) is 9.97 Å². The van der Waals surface area contributed by atoms with Crippen LogP contribution in [0.5, 0.6) is 0 Å². The maximum absolute atomic E-state index is 10.8. The van der Waals surface area contributed by atoms with Gasteiger partial charge < -0.3 is 10.3 Å². The number of rotatable bonds is 5. The third-order valence-corrected chi connectivity index (χ3v) is 3.61. The van der Waals surface area contributed by atoms with Crippen molar-refractivity contribution in [1.82, 2.24) is 15.0 Å². The fraction of sp³-hybridized carbons (Fsp3) is 0.273. The van der Waals surface area contributed by atoms with Gasteiger partial charge in [0, 0.05) is 30.9 Å². The first-order chi connectivity index (χ1) is 9.09. The maximum atomic E-state index is 10.8. The summed E-state index contributed by atoms with van der Waals surface area (Å²) in [5.74, 6) is 1.47. The summed E-state index contributed by atoms with van der Waals surface area (Å²) in [6.45, 7) is 2.32. The first kappa shape index (κ1) is 13.5. The summed E-state index contributed by atoms with van der Waals surface area (Å²) in [4.78, 5) is 21.5. The van der Waals surface area contributed by atoms with Crippen molar-refractivity contribution in [2.24, 2.45) is 0 Å². The molecule has 0 aliphatic carbocycles. The molecule has 2 aromatic rings. The number of hydrogen-bond acceptors (Lipinski definition) is 5. The largest absolute Gasteiger partial charge is 0.369 e. The van der Waals surface area contributed by atoms with Gasteiger partial charge in [0.05, 0.1) is 9.40 Å². The van der Waals surface area contributed by atoms with Gasteiger partial charge in [-0.05, 0) is 22.9 Å². The van der Waals surface area contributed by atoms with Gasteiger partial charge in [0.1, 0.15) is 17.8 Å². The Labute approximate surface area is 117 Å². The van der Waals surface area contributed by atoms with Crippen LogP contribution in [0.15, 0.2) is 23.1 Å². The summed E-state index contributed by atoms with van der Waals surface area (Å²) >= 11 is 3.33. The molecule has 0 aliphatic rings. The van der Waals surface area contributed by atoms with E-state index in [-0.39, 0.29) is 5.69 Å². The first-order valence-electron chi connectivity index (χ1n) is 5.61. The molecule has 2 N–H and O–H groups in total. The summed E-state index contributed by atoms with van der Waals surface area (Å²) in [7, 11) is 0. The van der Waals surface area contributed by atoms with E-state index < -0.39 is 4.92 Å². The molecule has 0 amide bonds. The molecule has 0 aromatic carbocycles. The number of aromatic nitrogens is 3. The topological polar surface area (TPSA) is 96.7 Å². The average Bonchev–Trinajstić information content (AvgIpc) is 2.87. The van der Waals surface area contributed by atoms with Crippen LogP contribution >= 0.6 is 15.9 Å². The van der Waals surface area contributed by atoms with E-state index in [9.17, 15) is 10.1 Å². The van der Waals surface area contributed by atoms with Gasteiger partial charge in [0.15, 0.2) is 0 Å². The molecule has 0 unspecified atom stereocenters. The number of nitrogens with one attached hydrogen (secondary N) is 2. The van der Waals surface area contributed by atoms with Gasteiger partial charge in [0.2, 0.25) is 0 Å². The highest BCUT2D eigenvalue weighted by atomic mass is 79.9. The lowest BCUT2D eigenvalue weighted by Crippen LogP contribution is -2.09. The third-order valence-electron chi connectivity index (χ3n) is 2.64. The molecule has 0 bridgehead atoms. The van der Waals surface area contributed by atoms with E-state index in [1.807, 2.05) is 0 Å². The fourth-order valence-corrected chi connectivity index (χ4v) is 2.06. The van der Waals surface area contributed by atoms with Gasteiger partial charge in [-0.3, -0.25) is 10.1 Å². The van der Waals surface area contributed by atoms with Crippen LogP contribution in [0.3, 0.4) is 0 Å². The Kier molecular flexibility index (Phi) is 4.10. The first-order valence-corrected chi connectivity index (χ1v) is 6.40. The van der Waals surface area contributed by atoms with Crippen LogP contribution in [-0.4, -0.2) is 26.4 Å². The molecule has 0 aliphatic heterocycles. The summed E-state index contributed by atoms with van der Waals surface area (Å²) in [5.41, 5.74) is 0.559.